The van der Waals surface area contributed by atoms with Crippen LogP contribution in [0, 0.1) is 10.8 Å². The van der Waals surface area contributed by atoms with Gasteiger partial charge in [0.05, 0.1) is 6.61 Å². The normalized spacial score (nSPS) is 13.7. The van der Waals surface area contributed by atoms with E-state index in [9.17, 15) is 4.79 Å². The highest BCUT2D eigenvalue weighted by molar-refractivity contribution is 5.94. The van der Waals surface area contributed by atoms with Crippen molar-refractivity contribution in [3.63, 3.8) is 0 Å². The van der Waals surface area contributed by atoms with Gasteiger partial charge >= 0.3 is 0 Å². The maximum absolute atomic E-state index is 12.3. The zero-order valence-electron chi connectivity index (χ0n) is 15.8. The van der Waals surface area contributed by atoms with Crippen LogP contribution >= 0.6 is 0 Å². The molecule has 1 amide bonds. The molecule has 3 nitrogen and oxygen atoms in total. The predicted molar refractivity (Wildman–Crippen MR) is 96.8 cm³/mol. The molecule has 1 rings (SSSR count). The minimum absolute atomic E-state index is 0.0159. The van der Waals surface area contributed by atoms with Crippen molar-refractivity contribution < 1.29 is 9.90 Å². The van der Waals surface area contributed by atoms with Gasteiger partial charge in [-0.1, -0.05) is 53.7 Å². The molecule has 0 spiro atoms. The topological polar surface area (TPSA) is 40.5 Å². The van der Waals surface area contributed by atoms with Gasteiger partial charge < -0.3 is 10.0 Å². The summed E-state index contributed by atoms with van der Waals surface area (Å²) in [5, 5.41) is 8.95. The molecule has 1 aromatic carbocycles. The van der Waals surface area contributed by atoms with Crippen molar-refractivity contribution >= 4 is 5.91 Å². The SMILES string of the molecule is CN(CCO)C(=O)c1ccc(C(CC(C)(C)C)C(C)(C)C)cc1. The number of aliphatic hydroxyl groups excluding tert-OH is 1. The Bertz CT molecular complexity index is 506. The van der Waals surface area contributed by atoms with Crippen molar-refractivity contribution in [1.82, 2.24) is 4.90 Å². The van der Waals surface area contributed by atoms with E-state index in [0.29, 0.717) is 18.0 Å². The third-order valence-corrected chi connectivity index (χ3v) is 4.20. The van der Waals surface area contributed by atoms with Crippen LogP contribution in [-0.4, -0.2) is 36.1 Å². The monoisotopic (exact) mass is 319 g/mol. The average Bonchev–Trinajstić information content (AvgIpc) is 2.42. The smallest absolute Gasteiger partial charge is 0.253 e. The molecule has 0 saturated carbocycles. The van der Waals surface area contributed by atoms with Gasteiger partial charge in [-0.2, -0.15) is 0 Å². The number of benzene rings is 1. The molecule has 0 fully saturated rings. The van der Waals surface area contributed by atoms with Crippen LogP contribution in [0.1, 0.15) is 69.8 Å². The van der Waals surface area contributed by atoms with Crippen LogP contribution in [0.5, 0.6) is 0 Å². The number of rotatable bonds is 5. The molecule has 0 heterocycles. The van der Waals surface area contributed by atoms with E-state index in [2.05, 4.69) is 53.7 Å². The van der Waals surface area contributed by atoms with E-state index in [-0.39, 0.29) is 23.3 Å². The molecule has 0 aromatic heterocycles. The maximum atomic E-state index is 12.3. The van der Waals surface area contributed by atoms with E-state index in [4.69, 9.17) is 5.11 Å². The lowest BCUT2D eigenvalue weighted by Gasteiger charge is -2.36. The van der Waals surface area contributed by atoms with E-state index >= 15 is 0 Å². The summed E-state index contributed by atoms with van der Waals surface area (Å²) in [4.78, 5) is 13.8. The van der Waals surface area contributed by atoms with Crippen molar-refractivity contribution in [3.8, 4) is 0 Å². The van der Waals surface area contributed by atoms with Crippen LogP contribution in [0.3, 0.4) is 0 Å². The van der Waals surface area contributed by atoms with E-state index < -0.39 is 0 Å². The molecule has 0 aliphatic rings. The molecule has 1 N–H and O–H groups in total. The van der Waals surface area contributed by atoms with Gasteiger partial charge in [-0.15, -0.1) is 0 Å². The maximum Gasteiger partial charge on any atom is 0.253 e. The second-order valence-electron chi connectivity index (χ2n) is 8.76. The van der Waals surface area contributed by atoms with Crippen molar-refractivity contribution in [2.24, 2.45) is 10.8 Å². The van der Waals surface area contributed by atoms with E-state index in [1.165, 1.54) is 5.56 Å². The third kappa shape index (κ3) is 5.98. The standard InChI is InChI=1S/C20H33NO2/c1-19(2,3)14-17(20(4,5)6)15-8-10-16(11-9-15)18(23)21(7)12-13-22/h8-11,17,22H,12-14H2,1-7H3. The van der Waals surface area contributed by atoms with E-state index in [1.54, 1.807) is 11.9 Å². The summed E-state index contributed by atoms with van der Waals surface area (Å²) < 4.78 is 0. The molecular formula is C20H33NO2. The first-order valence-corrected chi connectivity index (χ1v) is 8.42. The Morgan fingerprint density at radius 3 is 2.00 bits per heavy atom. The number of carbonyl (C=O) groups excluding carboxylic acids is 1. The highest BCUT2D eigenvalue weighted by Gasteiger charge is 2.30. The minimum Gasteiger partial charge on any atom is -0.395 e. The summed E-state index contributed by atoms with van der Waals surface area (Å²) in [6.07, 6.45) is 1.11. The number of aliphatic hydroxyl groups is 1. The quantitative estimate of drug-likeness (QED) is 0.878. The molecule has 23 heavy (non-hydrogen) atoms. The lowest BCUT2D eigenvalue weighted by Crippen LogP contribution is -2.29. The molecule has 0 saturated heterocycles. The Kier molecular flexibility index (Phi) is 6.41. The number of nitrogens with zero attached hydrogens (tertiary/aromatic N) is 1. The summed E-state index contributed by atoms with van der Waals surface area (Å²) >= 11 is 0. The lowest BCUT2D eigenvalue weighted by molar-refractivity contribution is 0.0767. The van der Waals surface area contributed by atoms with E-state index in [0.717, 1.165) is 6.42 Å². The first kappa shape index (κ1) is 19.7. The van der Waals surface area contributed by atoms with Crippen molar-refractivity contribution in [1.29, 1.82) is 0 Å². The molecule has 0 aliphatic carbocycles. The number of amides is 1. The van der Waals surface area contributed by atoms with Gasteiger partial charge in [-0.05, 0) is 40.9 Å². The Balaban J connectivity index is 3.02. The van der Waals surface area contributed by atoms with Gasteiger partial charge in [-0.3, -0.25) is 4.79 Å². The van der Waals surface area contributed by atoms with Crippen molar-refractivity contribution in [2.45, 2.75) is 53.9 Å². The molecule has 1 aromatic rings. The van der Waals surface area contributed by atoms with Gasteiger partial charge in [0.1, 0.15) is 0 Å². The highest BCUT2D eigenvalue weighted by atomic mass is 16.3. The van der Waals surface area contributed by atoms with Crippen LogP contribution in [-0.2, 0) is 0 Å². The van der Waals surface area contributed by atoms with Crippen LogP contribution in [0.15, 0.2) is 24.3 Å². The Morgan fingerprint density at radius 2 is 1.61 bits per heavy atom. The summed E-state index contributed by atoms with van der Waals surface area (Å²) in [6.45, 7) is 14.0. The molecule has 0 aliphatic heterocycles. The molecule has 1 atom stereocenters. The summed E-state index contributed by atoms with van der Waals surface area (Å²) in [6, 6.07) is 7.99. The van der Waals surface area contributed by atoms with Crippen molar-refractivity contribution in [3.05, 3.63) is 35.4 Å². The lowest BCUT2D eigenvalue weighted by atomic mass is 9.69. The molecule has 0 radical (unpaired) electrons. The van der Waals surface area contributed by atoms with Gasteiger partial charge in [0.25, 0.3) is 5.91 Å². The fourth-order valence-electron chi connectivity index (χ4n) is 2.87. The second kappa shape index (κ2) is 7.48. The number of carbonyl (C=O) groups is 1. The minimum atomic E-state index is -0.0475. The van der Waals surface area contributed by atoms with Gasteiger partial charge in [0.15, 0.2) is 0 Å². The number of hydrogen-bond acceptors (Lipinski definition) is 2. The fourth-order valence-corrected chi connectivity index (χ4v) is 2.87. The van der Waals surface area contributed by atoms with Crippen molar-refractivity contribution in [2.75, 3.05) is 20.2 Å². The van der Waals surface area contributed by atoms with Crippen LogP contribution in [0.25, 0.3) is 0 Å². The Labute approximate surface area is 141 Å². The van der Waals surface area contributed by atoms with Gasteiger partial charge in [0, 0.05) is 19.2 Å². The Morgan fingerprint density at radius 1 is 1.09 bits per heavy atom. The summed E-state index contributed by atoms with van der Waals surface area (Å²) in [5.41, 5.74) is 2.39. The van der Waals surface area contributed by atoms with Crippen LogP contribution in [0.2, 0.25) is 0 Å². The molecule has 130 valence electrons. The summed E-state index contributed by atoms with van der Waals surface area (Å²) in [7, 11) is 1.71. The van der Waals surface area contributed by atoms with Gasteiger partial charge in [-0.25, -0.2) is 0 Å². The fraction of sp³-hybridized carbons (Fsp3) is 0.650. The summed E-state index contributed by atoms with van der Waals surface area (Å²) in [5.74, 6) is 0.399. The molecule has 0 bridgehead atoms. The van der Waals surface area contributed by atoms with Crippen LogP contribution < -0.4 is 0 Å². The molecule has 1 unspecified atom stereocenters. The number of hydrogen-bond donors (Lipinski definition) is 1. The first-order chi connectivity index (χ1) is 10.5. The zero-order valence-corrected chi connectivity index (χ0v) is 15.8. The average molecular weight is 319 g/mol. The predicted octanol–water partition coefficient (Wildman–Crippen LogP) is 4.32. The second-order valence-corrected chi connectivity index (χ2v) is 8.76. The zero-order chi connectivity index (χ0) is 17.8. The largest absolute Gasteiger partial charge is 0.395 e. The Hall–Kier alpha value is -1.35. The molecular weight excluding hydrogens is 286 g/mol. The first-order valence-electron chi connectivity index (χ1n) is 8.42. The van der Waals surface area contributed by atoms with Crippen LogP contribution in [0.4, 0.5) is 0 Å². The molecule has 3 heteroatoms. The van der Waals surface area contributed by atoms with Gasteiger partial charge in [0.2, 0.25) is 0 Å². The van der Waals surface area contributed by atoms with E-state index in [1.807, 2.05) is 12.1 Å². The number of likely N-dealkylation sites (N-methyl/N-ethyl adjacent to an activating group) is 1. The highest BCUT2D eigenvalue weighted by Crippen LogP contribution is 2.43. The third-order valence-electron chi connectivity index (χ3n) is 4.20.